The summed E-state index contributed by atoms with van der Waals surface area (Å²) in [7, 11) is 0. The summed E-state index contributed by atoms with van der Waals surface area (Å²) in [4.78, 5) is 4.07. The lowest BCUT2D eigenvalue weighted by Crippen LogP contribution is -2.52. The summed E-state index contributed by atoms with van der Waals surface area (Å²) in [5.41, 5.74) is -2.13. The van der Waals surface area contributed by atoms with Gasteiger partial charge in [0.05, 0.1) is 23.5 Å². The van der Waals surface area contributed by atoms with Crippen LogP contribution < -0.4 is 0 Å². The van der Waals surface area contributed by atoms with E-state index in [0.717, 1.165) is 0 Å². The number of aromatic nitrogens is 3. The molecule has 3 rings (SSSR count). The summed E-state index contributed by atoms with van der Waals surface area (Å²) in [5.74, 6) is 0. The molecule has 1 aliphatic heterocycles. The van der Waals surface area contributed by atoms with E-state index in [1.807, 2.05) is 6.07 Å². The molecule has 8 nitrogen and oxygen atoms in total. The van der Waals surface area contributed by atoms with Gasteiger partial charge in [-0.15, -0.1) is 0 Å². The van der Waals surface area contributed by atoms with Crippen LogP contribution >= 0.6 is 0 Å². The van der Waals surface area contributed by atoms with Crippen molar-refractivity contribution in [1.29, 1.82) is 5.26 Å². The van der Waals surface area contributed by atoms with Crippen LogP contribution in [0.5, 0.6) is 0 Å². The topological polar surface area (TPSA) is 124 Å². The number of nitrogens with zero attached hydrogens (tertiary/aromatic N) is 4. The molecule has 0 spiro atoms. The van der Waals surface area contributed by atoms with Gasteiger partial charge in [0, 0.05) is 0 Å². The predicted molar refractivity (Wildman–Crippen MR) is 73.6 cm³/mol. The fraction of sp³-hybridized carbons (Fsp3) is 0.500. The van der Waals surface area contributed by atoms with Crippen LogP contribution in [0.3, 0.4) is 0 Å². The summed E-state index contributed by atoms with van der Waals surface area (Å²) < 4.78 is 7.03. The van der Waals surface area contributed by atoms with Crippen LogP contribution in [0.25, 0.3) is 5.52 Å². The van der Waals surface area contributed by atoms with Crippen LogP contribution in [0, 0.1) is 18.3 Å². The Hall–Kier alpha value is -2.05. The Morgan fingerprint density at radius 2 is 2.23 bits per heavy atom. The number of hydrogen-bond acceptors (Lipinski definition) is 7. The van der Waals surface area contributed by atoms with E-state index in [9.17, 15) is 20.6 Å². The third-order valence-electron chi connectivity index (χ3n) is 4.31. The molecule has 0 bridgehead atoms. The Morgan fingerprint density at radius 3 is 2.82 bits per heavy atom. The van der Waals surface area contributed by atoms with Crippen LogP contribution in [0.1, 0.15) is 18.3 Å². The number of nitriles is 1. The van der Waals surface area contributed by atoms with Crippen molar-refractivity contribution in [2.75, 3.05) is 6.61 Å². The third-order valence-corrected chi connectivity index (χ3v) is 4.31. The molecule has 4 atom stereocenters. The Balaban J connectivity index is 2.27. The van der Waals surface area contributed by atoms with E-state index in [2.05, 4.69) is 10.1 Å². The molecular formula is C14H16N4O4. The van der Waals surface area contributed by atoms with Crippen LogP contribution in [-0.2, 0) is 10.3 Å². The zero-order valence-electron chi connectivity index (χ0n) is 12.1. The molecule has 3 N–H and O–H groups in total. The first kappa shape index (κ1) is 14.9. The molecule has 8 heteroatoms. The number of aliphatic hydroxyl groups excluding tert-OH is 2. The van der Waals surface area contributed by atoms with E-state index < -0.39 is 30.0 Å². The fourth-order valence-electron chi connectivity index (χ4n) is 2.96. The highest BCUT2D eigenvalue weighted by Crippen LogP contribution is 2.46. The van der Waals surface area contributed by atoms with Crippen LogP contribution in [0.2, 0.25) is 0 Å². The molecule has 116 valence electrons. The molecule has 0 aromatic carbocycles. The first-order chi connectivity index (χ1) is 10.4. The molecule has 0 amide bonds. The van der Waals surface area contributed by atoms with Crippen molar-refractivity contribution in [3.05, 3.63) is 29.8 Å². The summed E-state index contributed by atoms with van der Waals surface area (Å²) in [6.07, 6.45) is -1.14. The van der Waals surface area contributed by atoms with Crippen LogP contribution in [-0.4, -0.2) is 54.3 Å². The summed E-state index contributed by atoms with van der Waals surface area (Å²) in [5, 5.41) is 44.0. The third kappa shape index (κ3) is 1.65. The average Bonchev–Trinajstić information content (AvgIpc) is 3.01. The minimum Gasteiger partial charge on any atom is -0.394 e. The quantitative estimate of drug-likeness (QED) is 0.667. The first-order valence-electron chi connectivity index (χ1n) is 6.79. The van der Waals surface area contributed by atoms with E-state index in [1.165, 1.54) is 17.8 Å². The Kier molecular flexibility index (Phi) is 3.19. The van der Waals surface area contributed by atoms with Gasteiger partial charge in [-0.2, -0.15) is 10.4 Å². The molecule has 1 fully saturated rings. The molecular weight excluding hydrogens is 288 g/mol. The number of rotatable bonds is 2. The number of ether oxygens (including phenoxy) is 1. The number of aliphatic hydroxyl groups is 3. The zero-order chi connectivity index (χ0) is 16.1. The highest BCUT2D eigenvalue weighted by molar-refractivity contribution is 5.54. The lowest BCUT2D eigenvalue weighted by atomic mass is 9.80. The molecule has 0 saturated carbocycles. The fourth-order valence-corrected chi connectivity index (χ4v) is 2.96. The van der Waals surface area contributed by atoms with Crippen LogP contribution in [0.15, 0.2) is 18.5 Å². The van der Waals surface area contributed by atoms with Gasteiger partial charge >= 0.3 is 0 Å². The summed E-state index contributed by atoms with van der Waals surface area (Å²) in [6.45, 7) is 2.58. The maximum absolute atomic E-state index is 10.7. The van der Waals surface area contributed by atoms with Gasteiger partial charge in [0.15, 0.2) is 0 Å². The standard InChI is InChI=1S/C14H16N4O4/c1-8-9-3-4-11(18(9)17-7-16-8)14(6-15)13(2,21)12(20)10(5-19)22-14/h3-4,7,10,12,19-21H,5H2,1-2H3/t10-,12-,13-,14+/m1/s1. The average molecular weight is 304 g/mol. The van der Waals surface area contributed by atoms with E-state index >= 15 is 0 Å². The van der Waals surface area contributed by atoms with Gasteiger partial charge in [0.1, 0.15) is 30.2 Å². The van der Waals surface area contributed by atoms with E-state index in [-0.39, 0.29) is 5.69 Å². The molecule has 22 heavy (non-hydrogen) atoms. The van der Waals surface area contributed by atoms with Gasteiger partial charge in [0.2, 0.25) is 5.60 Å². The second kappa shape index (κ2) is 4.72. The Morgan fingerprint density at radius 1 is 1.50 bits per heavy atom. The largest absolute Gasteiger partial charge is 0.394 e. The monoisotopic (exact) mass is 304 g/mol. The van der Waals surface area contributed by atoms with Crippen LogP contribution in [0.4, 0.5) is 0 Å². The highest BCUT2D eigenvalue weighted by atomic mass is 16.6. The number of hydrogen-bond donors (Lipinski definition) is 3. The van der Waals surface area contributed by atoms with Crippen molar-refractivity contribution < 1.29 is 20.1 Å². The number of aryl methyl sites for hydroxylation is 1. The zero-order valence-corrected chi connectivity index (χ0v) is 12.1. The maximum atomic E-state index is 10.7. The predicted octanol–water partition coefficient (Wildman–Crippen LogP) is -0.740. The second-order valence-corrected chi connectivity index (χ2v) is 5.59. The van der Waals surface area contributed by atoms with E-state index in [4.69, 9.17) is 4.74 Å². The molecule has 1 saturated heterocycles. The first-order valence-corrected chi connectivity index (χ1v) is 6.79. The maximum Gasteiger partial charge on any atom is 0.228 e. The summed E-state index contributed by atoms with van der Waals surface area (Å²) in [6, 6.07) is 5.26. The van der Waals surface area contributed by atoms with Gasteiger partial charge in [-0.25, -0.2) is 9.50 Å². The number of fused-ring (bicyclic) bond motifs is 1. The smallest absolute Gasteiger partial charge is 0.228 e. The molecule has 0 unspecified atom stereocenters. The van der Waals surface area contributed by atoms with E-state index in [0.29, 0.717) is 11.2 Å². The Labute approximate surface area is 126 Å². The molecule has 3 heterocycles. The highest BCUT2D eigenvalue weighted by Gasteiger charge is 2.65. The second-order valence-electron chi connectivity index (χ2n) is 5.59. The van der Waals surface area contributed by atoms with Crippen molar-refractivity contribution in [3.63, 3.8) is 0 Å². The van der Waals surface area contributed by atoms with Gasteiger partial charge in [0.25, 0.3) is 0 Å². The SMILES string of the molecule is Cc1ncnn2c([C@]3(C#N)O[C@H](CO)[C@@H](O)[C@@]3(C)O)ccc12. The van der Waals surface area contributed by atoms with Crippen molar-refractivity contribution in [2.45, 2.75) is 37.3 Å². The lowest BCUT2D eigenvalue weighted by molar-refractivity contribution is -0.109. The van der Waals surface area contributed by atoms with Crippen molar-refractivity contribution in [2.24, 2.45) is 0 Å². The van der Waals surface area contributed by atoms with Gasteiger partial charge in [-0.05, 0) is 26.0 Å². The Bertz CT molecular complexity index is 766. The van der Waals surface area contributed by atoms with Gasteiger partial charge in [-0.1, -0.05) is 0 Å². The molecule has 2 aromatic heterocycles. The molecule has 0 radical (unpaired) electrons. The molecule has 2 aromatic rings. The normalized spacial score (nSPS) is 34.9. The van der Waals surface area contributed by atoms with Crippen molar-refractivity contribution >= 4 is 5.52 Å². The van der Waals surface area contributed by atoms with Crippen molar-refractivity contribution in [3.8, 4) is 6.07 Å². The van der Waals surface area contributed by atoms with E-state index in [1.54, 1.807) is 19.1 Å². The molecule has 1 aliphatic rings. The van der Waals surface area contributed by atoms with Gasteiger partial charge in [-0.3, -0.25) is 0 Å². The van der Waals surface area contributed by atoms with Gasteiger partial charge < -0.3 is 20.1 Å². The minimum absolute atomic E-state index is 0.274. The molecule has 0 aliphatic carbocycles. The summed E-state index contributed by atoms with van der Waals surface area (Å²) >= 11 is 0. The minimum atomic E-state index is -1.91. The van der Waals surface area contributed by atoms with Crippen molar-refractivity contribution in [1.82, 2.24) is 14.6 Å². The lowest BCUT2D eigenvalue weighted by Gasteiger charge is -2.33.